The van der Waals surface area contributed by atoms with Crippen LogP contribution in [0, 0.1) is 0 Å². The second-order valence-corrected chi connectivity index (χ2v) is 6.68. The highest BCUT2D eigenvalue weighted by Gasteiger charge is 2.31. The first-order valence-electron chi connectivity index (χ1n) is 8.63. The Morgan fingerprint density at radius 1 is 1.21 bits per heavy atom. The molecular formula is C16H19N7O. The number of nitrogens with one attached hydrogen (secondary N) is 2. The summed E-state index contributed by atoms with van der Waals surface area (Å²) >= 11 is 0. The zero-order valence-electron chi connectivity index (χ0n) is 13.4. The number of aromatic nitrogens is 5. The predicted octanol–water partition coefficient (Wildman–Crippen LogP) is 0.790. The van der Waals surface area contributed by atoms with Crippen molar-refractivity contribution >= 4 is 11.7 Å². The Kier molecular flexibility index (Phi) is 3.04. The summed E-state index contributed by atoms with van der Waals surface area (Å²) in [4.78, 5) is 21.4. The number of fused-ring (bicyclic) bond motifs is 2. The molecule has 0 saturated heterocycles. The maximum Gasteiger partial charge on any atom is 0.270 e. The van der Waals surface area contributed by atoms with Gasteiger partial charge in [0.25, 0.3) is 5.91 Å². The van der Waals surface area contributed by atoms with Gasteiger partial charge in [0.05, 0.1) is 6.54 Å². The van der Waals surface area contributed by atoms with Gasteiger partial charge >= 0.3 is 0 Å². The average molecular weight is 325 g/mol. The van der Waals surface area contributed by atoms with Crippen LogP contribution >= 0.6 is 0 Å². The van der Waals surface area contributed by atoms with Crippen LogP contribution in [-0.4, -0.2) is 37.2 Å². The lowest BCUT2D eigenvalue weighted by Gasteiger charge is -2.20. The Hall–Kier alpha value is -2.51. The SMILES string of the molecule is O=C1NCCc2c(NCc3nnc4n3CCC4)nc(C3CC3)nc21. The lowest BCUT2D eigenvalue weighted by Crippen LogP contribution is -2.34. The molecule has 24 heavy (non-hydrogen) atoms. The largest absolute Gasteiger partial charge is 0.362 e. The molecule has 4 heterocycles. The van der Waals surface area contributed by atoms with Crippen LogP contribution < -0.4 is 10.6 Å². The number of amides is 1. The van der Waals surface area contributed by atoms with Crippen molar-refractivity contribution in [2.75, 3.05) is 11.9 Å². The minimum atomic E-state index is -0.0908. The summed E-state index contributed by atoms with van der Waals surface area (Å²) in [6.07, 6.45) is 5.11. The van der Waals surface area contributed by atoms with E-state index in [4.69, 9.17) is 4.98 Å². The quantitative estimate of drug-likeness (QED) is 0.862. The highest BCUT2D eigenvalue weighted by molar-refractivity contribution is 5.96. The van der Waals surface area contributed by atoms with Gasteiger partial charge in [-0.1, -0.05) is 0 Å². The van der Waals surface area contributed by atoms with Gasteiger partial charge in [-0.3, -0.25) is 4.79 Å². The number of carbonyl (C=O) groups is 1. The molecule has 2 aliphatic heterocycles. The monoisotopic (exact) mass is 325 g/mol. The maximum atomic E-state index is 12.2. The fraction of sp³-hybridized carbons (Fsp3) is 0.562. The third kappa shape index (κ3) is 2.24. The molecule has 8 nitrogen and oxygen atoms in total. The van der Waals surface area contributed by atoms with E-state index in [1.54, 1.807) is 0 Å². The van der Waals surface area contributed by atoms with Crippen LogP contribution in [0.25, 0.3) is 0 Å². The van der Waals surface area contributed by atoms with Gasteiger partial charge in [0.15, 0.2) is 5.82 Å². The standard InChI is InChI=1S/C16H19N7O/c24-16-13-10(5-6-17-16)15(20-14(19-13)9-3-4-9)18-8-12-22-21-11-2-1-7-23(11)12/h9H,1-8H2,(H,17,24)(H,18,19,20). The van der Waals surface area contributed by atoms with E-state index in [9.17, 15) is 4.79 Å². The third-order valence-corrected chi connectivity index (χ3v) is 4.94. The number of aryl methyl sites for hydroxylation is 1. The number of hydrogen-bond acceptors (Lipinski definition) is 6. The smallest absolute Gasteiger partial charge is 0.270 e. The second-order valence-electron chi connectivity index (χ2n) is 6.68. The first-order chi connectivity index (χ1) is 11.8. The van der Waals surface area contributed by atoms with E-state index in [1.807, 2.05) is 0 Å². The molecule has 2 N–H and O–H groups in total. The molecule has 1 saturated carbocycles. The summed E-state index contributed by atoms with van der Waals surface area (Å²) in [6, 6.07) is 0. The molecule has 0 atom stereocenters. The summed E-state index contributed by atoms with van der Waals surface area (Å²) in [5, 5.41) is 14.8. The Morgan fingerprint density at radius 3 is 3.00 bits per heavy atom. The summed E-state index contributed by atoms with van der Waals surface area (Å²) in [5.41, 5.74) is 1.46. The van der Waals surface area contributed by atoms with Gasteiger partial charge in [0.1, 0.15) is 23.2 Å². The predicted molar refractivity (Wildman–Crippen MR) is 85.7 cm³/mol. The van der Waals surface area contributed by atoms with Crippen molar-refractivity contribution in [3.8, 4) is 0 Å². The van der Waals surface area contributed by atoms with E-state index in [0.29, 0.717) is 24.7 Å². The molecule has 3 aliphatic rings. The molecule has 124 valence electrons. The van der Waals surface area contributed by atoms with Crippen molar-refractivity contribution in [2.24, 2.45) is 0 Å². The minimum Gasteiger partial charge on any atom is -0.362 e. The van der Waals surface area contributed by atoms with E-state index in [1.165, 1.54) is 0 Å². The Bertz CT molecular complexity index is 824. The van der Waals surface area contributed by atoms with Crippen molar-refractivity contribution in [3.05, 3.63) is 28.7 Å². The van der Waals surface area contributed by atoms with Crippen molar-refractivity contribution in [1.29, 1.82) is 0 Å². The summed E-state index contributed by atoms with van der Waals surface area (Å²) in [6.45, 7) is 2.19. The first kappa shape index (κ1) is 13.9. The zero-order chi connectivity index (χ0) is 16.1. The topological polar surface area (TPSA) is 97.6 Å². The zero-order valence-corrected chi connectivity index (χ0v) is 13.4. The van der Waals surface area contributed by atoms with Crippen LogP contribution in [0.15, 0.2) is 0 Å². The van der Waals surface area contributed by atoms with Crippen molar-refractivity contribution in [1.82, 2.24) is 30.0 Å². The van der Waals surface area contributed by atoms with Crippen LogP contribution in [0.3, 0.4) is 0 Å². The molecule has 1 aliphatic carbocycles. The van der Waals surface area contributed by atoms with Gasteiger partial charge in [-0.2, -0.15) is 0 Å². The third-order valence-electron chi connectivity index (χ3n) is 4.94. The number of anilines is 1. The summed E-state index contributed by atoms with van der Waals surface area (Å²) in [7, 11) is 0. The molecular weight excluding hydrogens is 306 g/mol. The highest BCUT2D eigenvalue weighted by atomic mass is 16.1. The molecule has 1 fully saturated rings. The summed E-state index contributed by atoms with van der Waals surface area (Å²) < 4.78 is 2.18. The van der Waals surface area contributed by atoms with Gasteiger partial charge in [0, 0.05) is 31.0 Å². The van der Waals surface area contributed by atoms with E-state index < -0.39 is 0 Å². The molecule has 1 amide bonds. The minimum absolute atomic E-state index is 0.0908. The normalized spacial score (nSPS) is 18.9. The van der Waals surface area contributed by atoms with Crippen LogP contribution in [0.1, 0.15) is 58.7 Å². The lowest BCUT2D eigenvalue weighted by atomic mass is 10.1. The maximum absolute atomic E-state index is 12.2. The Morgan fingerprint density at radius 2 is 2.12 bits per heavy atom. The van der Waals surface area contributed by atoms with Gasteiger partial charge in [-0.25, -0.2) is 9.97 Å². The summed E-state index contributed by atoms with van der Waals surface area (Å²) in [5.74, 6) is 3.89. The first-order valence-corrected chi connectivity index (χ1v) is 8.63. The van der Waals surface area contributed by atoms with Gasteiger partial charge in [0.2, 0.25) is 0 Å². The molecule has 0 radical (unpaired) electrons. The molecule has 0 bridgehead atoms. The average Bonchev–Trinajstić information content (AvgIpc) is 3.21. The molecule has 0 unspecified atom stereocenters. The second kappa shape index (κ2) is 5.25. The van der Waals surface area contributed by atoms with Gasteiger partial charge in [-0.15, -0.1) is 10.2 Å². The Labute approximate surface area is 139 Å². The van der Waals surface area contributed by atoms with Crippen molar-refractivity contribution < 1.29 is 4.79 Å². The molecule has 8 heteroatoms. The number of hydrogen-bond donors (Lipinski definition) is 2. The Balaban J connectivity index is 1.46. The molecule has 2 aromatic heterocycles. The number of carbonyl (C=O) groups excluding carboxylic acids is 1. The molecule has 0 aromatic carbocycles. The van der Waals surface area contributed by atoms with Crippen molar-refractivity contribution in [2.45, 2.75) is 51.1 Å². The molecule has 5 rings (SSSR count). The van der Waals surface area contributed by atoms with E-state index in [0.717, 1.165) is 67.5 Å². The molecule has 0 spiro atoms. The highest BCUT2D eigenvalue weighted by Crippen LogP contribution is 2.39. The fourth-order valence-corrected chi connectivity index (χ4v) is 3.49. The van der Waals surface area contributed by atoms with Crippen LogP contribution in [0.4, 0.5) is 5.82 Å². The molecule has 2 aromatic rings. The van der Waals surface area contributed by atoms with Crippen LogP contribution in [0.5, 0.6) is 0 Å². The lowest BCUT2D eigenvalue weighted by molar-refractivity contribution is 0.0940. The van der Waals surface area contributed by atoms with E-state index in [2.05, 4.69) is 30.4 Å². The van der Waals surface area contributed by atoms with Crippen LogP contribution in [0.2, 0.25) is 0 Å². The number of nitrogens with zero attached hydrogens (tertiary/aromatic N) is 5. The van der Waals surface area contributed by atoms with Crippen LogP contribution in [-0.2, 0) is 25.9 Å². The number of rotatable bonds is 4. The van der Waals surface area contributed by atoms with E-state index in [-0.39, 0.29) is 5.91 Å². The van der Waals surface area contributed by atoms with Gasteiger partial charge in [-0.05, 0) is 25.7 Å². The fourth-order valence-electron chi connectivity index (χ4n) is 3.49. The van der Waals surface area contributed by atoms with E-state index >= 15 is 0 Å². The van der Waals surface area contributed by atoms with Gasteiger partial charge < -0.3 is 15.2 Å². The van der Waals surface area contributed by atoms with Crippen molar-refractivity contribution in [3.63, 3.8) is 0 Å².